The minimum absolute atomic E-state index is 0.582. The molecule has 3 nitrogen and oxygen atoms in total. The number of benzene rings is 2. The molecule has 0 saturated carbocycles. The van der Waals surface area contributed by atoms with Crippen molar-refractivity contribution in [2.75, 3.05) is 0 Å². The predicted octanol–water partition coefficient (Wildman–Crippen LogP) is 3.51. The quantitative estimate of drug-likeness (QED) is 0.635. The maximum atomic E-state index is 5.24. The van der Waals surface area contributed by atoms with Crippen LogP contribution in [0.5, 0.6) is 0 Å². The molecule has 0 amide bonds. The third kappa shape index (κ3) is 1.60. The van der Waals surface area contributed by atoms with E-state index >= 15 is 0 Å². The first-order valence-electron chi connectivity index (χ1n) is 5.55. The summed E-state index contributed by atoms with van der Waals surface area (Å²) in [7, 11) is 0. The van der Waals surface area contributed by atoms with E-state index in [1.165, 1.54) is 10.9 Å². The summed E-state index contributed by atoms with van der Waals surface area (Å²) >= 11 is 0. The molecule has 84 valence electrons. The third-order valence-electron chi connectivity index (χ3n) is 2.90. The lowest BCUT2D eigenvalue weighted by molar-refractivity contribution is 0.426. The first kappa shape index (κ1) is 10.0. The molecule has 0 atom stereocenters. The van der Waals surface area contributed by atoms with Crippen LogP contribution in [0, 0.1) is 13.8 Å². The number of fused-ring (bicyclic) bond motifs is 1. The molecule has 0 aliphatic carbocycles. The Bertz CT molecular complexity index is 686. The predicted molar refractivity (Wildman–Crippen MR) is 66.7 cm³/mol. The zero-order chi connectivity index (χ0) is 11.8. The van der Waals surface area contributed by atoms with Gasteiger partial charge in [-0.25, -0.2) is 0 Å². The van der Waals surface area contributed by atoms with Gasteiger partial charge in [-0.15, -0.1) is 0 Å². The van der Waals surface area contributed by atoms with Gasteiger partial charge in [0.2, 0.25) is 0 Å². The molecule has 2 aromatic carbocycles. The van der Waals surface area contributed by atoms with Gasteiger partial charge >= 0.3 is 0 Å². The zero-order valence-electron chi connectivity index (χ0n) is 9.77. The Morgan fingerprint density at radius 3 is 2.41 bits per heavy atom. The smallest absolute Gasteiger partial charge is 0.258 e. The van der Waals surface area contributed by atoms with E-state index < -0.39 is 0 Å². The molecular formula is C14H12N2O. The number of hydrogen-bond acceptors (Lipinski definition) is 3. The van der Waals surface area contributed by atoms with Gasteiger partial charge in [-0.05, 0) is 36.2 Å². The van der Waals surface area contributed by atoms with E-state index in [0.29, 0.717) is 11.7 Å². The van der Waals surface area contributed by atoms with Gasteiger partial charge in [0.05, 0.1) is 0 Å². The molecule has 0 aliphatic rings. The Morgan fingerprint density at radius 2 is 1.71 bits per heavy atom. The Labute approximate surface area is 99.1 Å². The van der Waals surface area contributed by atoms with Crippen LogP contribution >= 0.6 is 0 Å². The van der Waals surface area contributed by atoms with Crippen LogP contribution < -0.4 is 0 Å². The SMILES string of the molecule is Cc1noc(-c2ccc(C)c3ccccc23)n1. The molecule has 0 radical (unpaired) electrons. The van der Waals surface area contributed by atoms with Crippen LogP contribution in [-0.2, 0) is 0 Å². The molecule has 0 N–H and O–H groups in total. The normalized spacial score (nSPS) is 10.9. The molecule has 0 bridgehead atoms. The van der Waals surface area contributed by atoms with E-state index in [9.17, 15) is 0 Å². The maximum absolute atomic E-state index is 5.24. The van der Waals surface area contributed by atoms with Crippen LogP contribution in [0.15, 0.2) is 40.9 Å². The highest BCUT2D eigenvalue weighted by Gasteiger charge is 2.10. The second-order valence-electron chi connectivity index (χ2n) is 4.12. The molecular weight excluding hydrogens is 212 g/mol. The Kier molecular flexibility index (Phi) is 2.18. The van der Waals surface area contributed by atoms with Crippen molar-refractivity contribution < 1.29 is 4.52 Å². The van der Waals surface area contributed by atoms with E-state index in [1.54, 1.807) is 0 Å². The van der Waals surface area contributed by atoms with Crippen molar-refractivity contribution >= 4 is 10.8 Å². The molecule has 1 aromatic heterocycles. The molecule has 17 heavy (non-hydrogen) atoms. The van der Waals surface area contributed by atoms with Crippen molar-refractivity contribution in [2.45, 2.75) is 13.8 Å². The Balaban J connectivity index is 2.34. The topological polar surface area (TPSA) is 38.9 Å². The van der Waals surface area contributed by atoms with Gasteiger partial charge in [0.15, 0.2) is 5.82 Å². The zero-order valence-corrected chi connectivity index (χ0v) is 9.77. The first-order chi connectivity index (χ1) is 8.25. The van der Waals surface area contributed by atoms with Gasteiger partial charge in [-0.2, -0.15) is 4.98 Å². The fourth-order valence-electron chi connectivity index (χ4n) is 2.04. The molecule has 0 unspecified atom stereocenters. The maximum Gasteiger partial charge on any atom is 0.258 e. The van der Waals surface area contributed by atoms with Crippen LogP contribution in [0.2, 0.25) is 0 Å². The highest BCUT2D eigenvalue weighted by Crippen LogP contribution is 2.29. The number of aryl methyl sites for hydroxylation is 2. The van der Waals surface area contributed by atoms with Gasteiger partial charge in [-0.1, -0.05) is 35.5 Å². The van der Waals surface area contributed by atoms with Gasteiger partial charge in [-0.3, -0.25) is 0 Å². The summed E-state index contributed by atoms with van der Waals surface area (Å²) in [6, 6.07) is 12.4. The Morgan fingerprint density at radius 1 is 0.941 bits per heavy atom. The number of hydrogen-bond donors (Lipinski definition) is 0. The first-order valence-corrected chi connectivity index (χ1v) is 5.55. The number of rotatable bonds is 1. The van der Waals surface area contributed by atoms with Gasteiger partial charge in [0.25, 0.3) is 5.89 Å². The third-order valence-corrected chi connectivity index (χ3v) is 2.90. The molecule has 3 heteroatoms. The van der Waals surface area contributed by atoms with Crippen LogP contribution in [-0.4, -0.2) is 10.1 Å². The fourth-order valence-corrected chi connectivity index (χ4v) is 2.04. The van der Waals surface area contributed by atoms with Crippen molar-refractivity contribution in [1.29, 1.82) is 0 Å². The van der Waals surface area contributed by atoms with Crippen molar-refractivity contribution in [3.05, 3.63) is 47.8 Å². The number of nitrogens with zero attached hydrogens (tertiary/aromatic N) is 2. The summed E-state index contributed by atoms with van der Waals surface area (Å²) in [6.45, 7) is 3.93. The largest absolute Gasteiger partial charge is 0.334 e. The average Bonchev–Trinajstić information content (AvgIpc) is 2.77. The van der Waals surface area contributed by atoms with Crippen molar-refractivity contribution in [3.8, 4) is 11.5 Å². The molecule has 0 fully saturated rings. The van der Waals surface area contributed by atoms with Gasteiger partial charge < -0.3 is 4.52 Å². The lowest BCUT2D eigenvalue weighted by Gasteiger charge is -2.05. The van der Waals surface area contributed by atoms with Crippen LogP contribution in [0.1, 0.15) is 11.4 Å². The monoisotopic (exact) mass is 224 g/mol. The van der Waals surface area contributed by atoms with Gasteiger partial charge in [0, 0.05) is 5.56 Å². The van der Waals surface area contributed by atoms with E-state index in [1.807, 2.05) is 25.1 Å². The van der Waals surface area contributed by atoms with Crippen LogP contribution in [0.3, 0.4) is 0 Å². The highest BCUT2D eigenvalue weighted by atomic mass is 16.5. The van der Waals surface area contributed by atoms with Crippen LogP contribution in [0.4, 0.5) is 0 Å². The minimum atomic E-state index is 0.582. The molecule has 1 heterocycles. The lowest BCUT2D eigenvalue weighted by Crippen LogP contribution is -1.84. The molecule has 0 saturated heterocycles. The summed E-state index contributed by atoms with van der Waals surface area (Å²) in [5.41, 5.74) is 2.24. The summed E-state index contributed by atoms with van der Waals surface area (Å²) in [4.78, 5) is 4.28. The standard InChI is InChI=1S/C14H12N2O/c1-9-7-8-13(14-15-10(2)16-17-14)12-6-4-3-5-11(9)12/h3-8H,1-2H3. The molecule has 3 rings (SSSR count). The van der Waals surface area contributed by atoms with E-state index in [2.05, 4.69) is 35.3 Å². The molecule has 3 aromatic rings. The fraction of sp³-hybridized carbons (Fsp3) is 0.143. The minimum Gasteiger partial charge on any atom is -0.334 e. The van der Waals surface area contributed by atoms with Crippen LogP contribution in [0.25, 0.3) is 22.2 Å². The van der Waals surface area contributed by atoms with Gasteiger partial charge in [0.1, 0.15) is 0 Å². The summed E-state index contributed by atoms with van der Waals surface area (Å²) in [6.07, 6.45) is 0. The highest BCUT2D eigenvalue weighted by molar-refractivity contribution is 5.96. The van der Waals surface area contributed by atoms with Crippen molar-refractivity contribution in [3.63, 3.8) is 0 Å². The molecule has 0 aliphatic heterocycles. The van der Waals surface area contributed by atoms with E-state index in [-0.39, 0.29) is 0 Å². The summed E-state index contributed by atoms with van der Waals surface area (Å²) in [5, 5.41) is 6.21. The summed E-state index contributed by atoms with van der Waals surface area (Å²) < 4.78 is 5.24. The second kappa shape index (κ2) is 3.70. The summed E-state index contributed by atoms with van der Waals surface area (Å²) in [5.74, 6) is 1.24. The average molecular weight is 224 g/mol. The number of aromatic nitrogens is 2. The van der Waals surface area contributed by atoms with Crippen molar-refractivity contribution in [2.24, 2.45) is 0 Å². The molecule has 0 spiro atoms. The van der Waals surface area contributed by atoms with Crippen molar-refractivity contribution in [1.82, 2.24) is 10.1 Å². The lowest BCUT2D eigenvalue weighted by atomic mass is 10.0. The second-order valence-corrected chi connectivity index (χ2v) is 4.12. The van der Waals surface area contributed by atoms with E-state index in [4.69, 9.17) is 4.52 Å². The Hall–Kier alpha value is -2.16. The van der Waals surface area contributed by atoms with E-state index in [0.717, 1.165) is 10.9 Å².